The Morgan fingerprint density at radius 3 is 1.15 bits per heavy atom. The van der Waals surface area contributed by atoms with E-state index in [9.17, 15) is 0 Å². The van der Waals surface area contributed by atoms with E-state index in [4.69, 9.17) is 9.47 Å². The van der Waals surface area contributed by atoms with Crippen LogP contribution in [0.3, 0.4) is 0 Å². The molecule has 5 nitrogen and oxygen atoms in total. The van der Waals surface area contributed by atoms with E-state index in [0.717, 1.165) is 162 Å². The second-order valence-corrected chi connectivity index (χ2v) is 39.5. The van der Waals surface area contributed by atoms with Crippen molar-refractivity contribution in [2.75, 3.05) is 9.80 Å². The molecule has 0 atom stereocenters. The van der Waals surface area contributed by atoms with Crippen LogP contribution >= 0.6 is 0 Å². The summed E-state index contributed by atoms with van der Waals surface area (Å²) in [6, 6.07) is 157. The molecule has 0 fully saturated rings. The maximum Gasteiger partial charge on any atom is 0.260 e. The van der Waals surface area contributed by atoms with Crippen LogP contribution in [0.15, 0.2) is 419 Å². The van der Waals surface area contributed by atoms with Gasteiger partial charge >= 0.3 is 0 Å². The molecule has 0 radical (unpaired) electrons. The zero-order valence-corrected chi connectivity index (χ0v) is 71.2. The first kappa shape index (κ1) is 74.4. The molecule has 0 N–H and O–H groups in total. The Labute approximate surface area is 727 Å². The third kappa shape index (κ3) is 11.9. The number of ether oxygens (including phenoxy) is 2. The van der Waals surface area contributed by atoms with E-state index in [1.54, 1.807) is 0 Å². The lowest BCUT2D eigenvalue weighted by Crippen LogP contribution is -2.74. The van der Waals surface area contributed by atoms with Crippen LogP contribution in [-0.2, 0) is 10.8 Å². The second kappa shape index (κ2) is 29.3. The fourth-order valence-corrected chi connectivity index (χ4v) is 25.6. The molecule has 1 aromatic heterocycles. The molecule has 8 heteroatoms. The number of rotatable bonds is 13. The molecule has 5 heterocycles. The lowest BCUT2D eigenvalue weighted by molar-refractivity contribution is 0.468. The maximum absolute atomic E-state index is 8.54. The van der Waals surface area contributed by atoms with Crippen LogP contribution in [0.25, 0.3) is 94.3 Å². The predicted octanol–water partition coefficient (Wildman–Crippen LogP) is 23.6. The zero-order valence-electron chi connectivity index (χ0n) is 70.2. The highest BCUT2D eigenvalue weighted by Crippen LogP contribution is 2.56. The molecule has 0 saturated carbocycles. The molecule has 23 rings (SSSR count). The Morgan fingerprint density at radius 2 is 0.653 bits per heavy atom. The molecule has 588 valence electrons. The van der Waals surface area contributed by atoms with Gasteiger partial charge in [-0.2, -0.15) is 0 Å². The molecule has 0 saturated heterocycles. The lowest BCUT2D eigenvalue weighted by Gasteiger charge is -2.48. The van der Waals surface area contributed by atoms with Crippen LogP contribution in [0.1, 0.15) is 52.7 Å². The summed E-state index contributed by atoms with van der Waals surface area (Å²) in [4.78, 5) is 5.36. The van der Waals surface area contributed by atoms with E-state index >= 15 is 0 Å². The quantitative estimate of drug-likeness (QED) is 0.0850. The number of fused-ring (bicyclic) bond motifs is 12. The summed E-state index contributed by atoms with van der Waals surface area (Å²) >= 11 is 0. The molecule has 4 aliphatic rings. The van der Waals surface area contributed by atoms with Crippen molar-refractivity contribution in [3.8, 4) is 95.4 Å². The van der Waals surface area contributed by atoms with E-state index in [1.165, 1.54) is 53.6 Å². The van der Waals surface area contributed by atoms with Crippen LogP contribution in [0.4, 0.5) is 34.1 Å². The molecule has 4 aliphatic heterocycles. The SMILES string of the molecule is CC(C)(C)c1ccc2c(c1)N(c1c(-c3ccccc3)cccc1-c1ccccc1)c1cc(C(C)(C)C)cc3c1B2c1c(cc2c4c1Oc1cc(-n5c6ccccc6c6ccccc65)ccc1B4c1cc(-c4ccccc4)cc(-c4cccc([Si](c5ccccc5)(c5ccccc5)c5ccccc5)c4)c1O2)N3c1c(-c2ccccc2)cccc1-c1ccccc1. The van der Waals surface area contributed by atoms with Crippen molar-refractivity contribution < 1.29 is 9.47 Å². The Kier molecular flexibility index (Phi) is 17.6. The number of aromatic nitrogens is 1. The Morgan fingerprint density at radius 1 is 0.250 bits per heavy atom. The van der Waals surface area contributed by atoms with Gasteiger partial charge in [0.2, 0.25) is 0 Å². The van der Waals surface area contributed by atoms with Gasteiger partial charge < -0.3 is 23.8 Å². The largest absolute Gasteiger partial charge is 0.459 e. The average molecular weight is 1600 g/mol. The lowest BCUT2D eigenvalue weighted by atomic mass is 9.30. The van der Waals surface area contributed by atoms with Gasteiger partial charge in [0.1, 0.15) is 23.0 Å². The number of benzene rings is 18. The highest BCUT2D eigenvalue weighted by atomic mass is 28.3. The number of hydrogen-bond donors (Lipinski definition) is 0. The second-order valence-electron chi connectivity index (χ2n) is 35.7. The molecule has 0 unspecified atom stereocenters. The van der Waals surface area contributed by atoms with Crippen molar-refractivity contribution in [3.05, 3.63) is 430 Å². The molecule has 124 heavy (non-hydrogen) atoms. The molecule has 0 spiro atoms. The summed E-state index contributed by atoms with van der Waals surface area (Å²) in [6.07, 6.45) is 0. The minimum Gasteiger partial charge on any atom is -0.459 e. The summed E-state index contributed by atoms with van der Waals surface area (Å²) in [5.74, 6) is 3.11. The van der Waals surface area contributed by atoms with Crippen LogP contribution in [0, 0.1) is 0 Å². The maximum atomic E-state index is 8.54. The summed E-state index contributed by atoms with van der Waals surface area (Å²) in [7, 11) is -3.10. The van der Waals surface area contributed by atoms with Crippen LogP contribution in [-0.4, -0.2) is 26.1 Å². The fraction of sp³-hybridized carbons (Fsp3) is 0.0690. The van der Waals surface area contributed by atoms with Crippen molar-refractivity contribution in [2.24, 2.45) is 0 Å². The highest BCUT2D eigenvalue weighted by molar-refractivity contribution is 7.20. The number of nitrogens with zero attached hydrogens (tertiary/aromatic N) is 3. The number of anilines is 6. The predicted molar refractivity (Wildman–Crippen MR) is 526 cm³/mol. The van der Waals surface area contributed by atoms with Crippen molar-refractivity contribution in [1.29, 1.82) is 0 Å². The van der Waals surface area contributed by atoms with E-state index < -0.39 is 21.5 Å². The van der Waals surface area contributed by atoms with Gasteiger partial charge in [0.15, 0.2) is 8.07 Å². The smallest absolute Gasteiger partial charge is 0.260 e. The first-order chi connectivity index (χ1) is 60.8. The van der Waals surface area contributed by atoms with E-state index in [1.807, 2.05) is 0 Å². The van der Waals surface area contributed by atoms with Gasteiger partial charge in [0.05, 0.1) is 22.4 Å². The number of para-hydroxylation sites is 4. The average Bonchev–Trinajstić information content (AvgIpc) is 0.763. The van der Waals surface area contributed by atoms with Crippen LogP contribution < -0.4 is 72.8 Å². The van der Waals surface area contributed by atoms with E-state index in [0.29, 0.717) is 0 Å². The first-order valence-electron chi connectivity index (χ1n) is 43.4. The Balaban J connectivity index is 0.876. The first-order valence-corrected chi connectivity index (χ1v) is 45.4. The van der Waals surface area contributed by atoms with Gasteiger partial charge in [-0.1, -0.05) is 406 Å². The minimum atomic E-state index is -3.10. The van der Waals surface area contributed by atoms with Gasteiger partial charge in [-0.05, 0) is 151 Å². The van der Waals surface area contributed by atoms with Crippen LogP contribution in [0.2, 0.25) is 0 Å². The monoisotopic (exact) mass is 1600 g/mol. The molecule has 19 aromatic rings. The highest BCUT2D eigenvalue weighted by Gasteiger charge is 2.53. The Hall–Kier alpha value is -14.7. The van der Waals surface area contributed by atoms with Gasteiger partial charge in [-0.3, -0.25) is 0 Å². The standard InChI is InChI=1S/C116H87B2N3O2Si/c1-115(2,3)83-64-66-97-102(71-83)120(111-90(77-40-17-8-18-41-77)58-36-59-91(111)78-42-19-9-20-43-78)103-72-84(116(4,5)6)73-104-108(103)118(97)109-105(121(104)112-92(79-44-21-10-22-45-79)60-37-61-93(112)80-46-23-11-24-47-80)75-107-110-114(109)122-106-74-85(119-100-62-33-31-56-94(100)95-57-32-34-63-101(95)119)65-67-98(106)117(110)99-70-82(76-38-15-7-16-39-76)69-96(113(99)123-107)81-48-35-55-89(68-81)124(86-49-25-12-26-50-86,87-51-27-13-28-52-87)88-53-29-14-30-54-88/h7-75H,1-6H3. The molecule has 0 aliphatic carbocycles. The molecule has 0 amide bonds. The Bertz CT molecular complexity index is 7170. The van der Waals surface area contributed by atoms with Crippen molar-refractivity contribution in [3.63, 3.8) is 0 Å². The summed E-state index contributed by atoms with van der Waals surface area (Å²) < 4.78 is 19.4. The minimum absolute atomic E-state index is 0.254. The third-order valence-electron chi connectivity index (χ3n) is 26.5. The molecule has 0 bridgehead atoms. The van der Waals surface area contributed by atoms with Gasteiger partial charge in [-0.25, -0.2) is 0 Å². The number of hydrogen-bond acceptors (Lipinski definition) is 4. The zero-order chi connectivity index (χ0) is 83.1. The third-order valence-corrected chi connectivity index (χ3v) is 31.3. The van der Waals surface area contributed by atoms with Crippen molar-refractivity contribution in [1.82, 2.24) is 4.57 Å². The summed E-state index contributed by atoms with van der Waals surface area (Å²) in [5, 5.41) is 7.57. The fourth-order valence-electron chi connectivity index (χ4n) is 20.8. The van der Waals surface area contributed by atoms with Crippen LogP contribution in [0.5, 0.6) is 23.0 Å². The van der Waals surface area contributed by atoms with Crippen molar-refractivity contribution >= 4 is 131 Å². The van der Waals surface area contributed by atoms with Gasteiger partial charge in [-0.15, -0.1) is 0 Å². The van der Waals surface area contributed by atoms with Crippen molar-refractivity contribution in [2.45, 2.75) is 52.4 Å². The molecule has 18 aromatic carbocycles. The van der Waals surface area contributed by atoms with E-state index in [2.05, 4.69) is 474 Å². The molecular weight excluding hydrogens is 1520 g/mol. The molecular formula is C116H87B2N3O2Si. The van der Waals surface area contributed by atoms with Gasteiger partial charge in [0.25, 0.3) is 13.4 Å². The van der Waals surface area contributed by atoms with E-state index in [-0.39, 0.29) is 10.8 Å². The topological polar surface area (TPSA) is 29.9 Å². The van der Waals surface area contributed by atoms with Gasteiger partial charge in [0, 0.05) is 84.6 Å². The summed E-state index contributed by atoms with van der Waals surface area (Å²) in [5.41, 5.74) is 31.1. The summed E-state index contributed by atoms with van der Waals surface area (Å²) in [6.45, 7) is 13.3. The normalized spacial score (nSPS) is 13.0.